The van der Waals surface area contributed by atoms with Gasteiger partial charge < -0.3 is 5.32 Å². The van der Waals surface area contributed by atoms with E-state index >= 15 is 0 Å². The fourth-order valence-corrected chi connectivity index (χ4v) is 6.56. The molecule has 1 aliphatic heterocycles. The molecular formula is C31H26F3NO2S. The molecule has 1 unspecified atom stereocenters. The standard InChI is InChI=1S/C25H19F3O2S.C6H7N/c26-25(27,28)18-8-11-19(12-9-18)31(29,30)20-10-5-17-7-13-22-21-4-2-1-3-16(21)6-14-23(22)24(17)15-20;1-2-4-6-7-5-3-1/h1-4,7-9,11-15,20H,5-6,10H2;1-7H. The van der Waals surface area contributed by atoms with Crippen molar-refractivity contribution in [3.8, 4) is 11.1 Å². The molecule has 3 aromatic carbocycles. The second-order valence-corrected chi connectivity index (χ2v) is 11.4. The highest BCUT2D eigenvalue weighted by atomic mass is 32.2. The summed E-state index contributed by atoms with van der Waals surface area (Å²) >= 11 is 0. The Morgan fingerprint density at radius 3 is 2.18 bits per heavy atom. The van der Waals surface area contributed by atoms with Gasteiger partial charge in [-0.1, -0.05) is 60.7 Å². The lowest BCUT2D eigenvalue weighted by Gasteiger charge is -2.22. The molecule has 1 heterocycles. The van der Waals surface area contributed by atoms with E-state index in [9.17, 15) is 21.6 Å². The van der Waals surface area contributed by atoms with Crippen molar-refractivity contribution in [3.63, 3.8) is 0 Å². The fourth-order valence-electron chi connectivity index (χ4n) is 4.95. The molecule has 6 rings (SSSR count). The van der Waals surface area contributed by atoms with Gasteiger partial charge in [0.25, 0.3) is 0 Å². The zero-order chi connectivity index (χ0) is 26.8. The number of alkyl halides is 3. The maximum atomic E-state index is 13.2. The molecule has 1 atom stereocenters. The number of rotatable bonds is 2. The van der Waals surface area contributed by atoms with Crippen molar-refractivity contribution >= 4 is 22.0 Å². The summed E-state index contributed by atoms with van der Waals surface area (Å²) in [5, 5.41) is 4.13. The van der Waals surface area contributed by atoms with E-state index in [1.165, 1.54) is 5.56 Å². The third-order valence-electron chi connectivity index (χ3n) is 6.89. The SMILES string of the molecule is C1=CC=CNC=C1.O=S(=O)(c1ccc(C(F)(F)F)cc1)C1C=c2c(ccc3c2=CCc2ccccc2-3)CC1. The van der Waals surface area contributed by atoms with Crippen LogP contribution in [0.2, 0.25) is 0 Å². The van der Waals surface area contributed by atoms with Crippen molar-refractivity contribution < 1.29 is 21.6 Å². The quantitative estimate of drug-likeness (QED) is 0.477. The summed E-state index contributed by atoms with van der Waals surface area (Å²) < 4.78 is 64.9. The Kier molecular flexibility index (Phi) is 7.13. The summed E-state index contributed by atoms with van der Waals surface area (Å²) in [5.41, 5.74) is 3.73. The van der Waals surface area contributed by atoms with E-state index in [-0.39, 0.29) is 4.90 Å². The highest BCUT2D eigenvalue weighted by molar-refractivity contribution is 7.92. The molecule has 0 spiro atoms. The lowest BCUT2D eigenvalue weighted by Crippen LogP contribution is -2.38. The Bertz CT molecular complexity index is 1650. The number of fused-ring (bicyclic) bond motifs is 5. The predicted molar refractivity (Wildman–Crippen MR) is 145 cm³/mol. The lowest BCUT2D eigenvalue weighted by molar-refractivity contribution is -0.137. The van der Waals surface area contributed by atoms with Crippen LogP contribution in [0.5, 0.6) is 0 Å². The van der Waals surface area contributed by atoms with Gasteiger partial charge in [-0.3, -0.25) is 0 Å². The van der Waals surface area contributed by atoms with E-state index in [1.54, 1.807) is 6.08 Å². The van der Waals surface area contributed by atoms with Crippen LogP contribution in [-0.2, 0) is 28.9 Å². The molecule has 0 saturated carbocycles. The zero-order valence-electron chi connectivity index (χ0n) is 20.4. The monoisotopic (exact) mass is 533 g/mol. The van der Waals surface area contributed by atoms with Gasteiger partial charge >= 0.3 is 6.18 Å². The minimum absolute atomic E-state index is 0.0793. The van der Waals surface area contributed by atoms with Crippen molar-refractivity contribution in [3.05, 3.63) is 124 Å². The molecule has 194 valence electrons. The Balaban J connectivity index is 0.000000366. The van der Waals surface area contributed by atoms with Gasteiger partial charge in [-0.25, -0.2) is 8.42 Å². The molecule has 0 amide bonds. The summed E-state index contributed by atoms with van der Waals surface area (Å²) in [6, 6.07) is 16.1. The number of aryl methyl sites for hydroxylation is 1. The summed E-state index contributed by atoms with van der Waals surface area (Å²) in [7, 11) is -3.79. The lowest BCUT2D eigenvalue weighted by atomic mass is 9.87. The van der Waals surface area contributed by atoms with Gasteiger partial charge in [0.2, 0.25) is 0 Å². The second kappa shape index (κ2) is 10.5. The van der Waals surface area contributed by atoms with Crippen LogP contribution in [0.3, 0.4) is 0 Å². The highest BCUT2D eigenvalue weighted by Gasteiger charge is 2.32. The first-order chi connectivity index (χ1) is 18.2. The van der Waals surface area contributed by atoms with Crippen LogP contribution in [0.4, 0.5) is 13.2 Å². The van der Waals surface area contributed by atoms with Gasteiger partial charge in [0.15, 0.2) is 9.84 Å². The van der Waals surface area contributed by atoms with Crippen LogP contribution in [0.15, 0.2) is 102 Å². The number of allylic oxidation sites excluding steroid dienone is 4. The van der Waals surface area contributed by atoms with E-state index in [2.05, 4.69) is 35.7 Å². The molecule has 1 N–H and O–H groups in total. The summed E-state index contributed by atoms with van der Waals surface area (Å²) in [4.78, 5) is -0.0793. The first-order valence-electron chi connectivity index (χ1n) is 12.3. The fraction of sp³-hybridized carbons (Fsp3) is 0.161. The first-order valence-corrected chi connectivity index (χ1v) is 13.9. The van der Waals surface area contributed by atoms with E-state index < -0.39 is 26.8 Å². The Morgan fingerprint density at radius 1 is 0.763 bits per heavy atom. The first kappa shape index (κ1) is 25.8. The van der Waals surface area contributed by atoms with Gasteiger partial charge in [0.05, 0.1) is 15.7 Å². The molecule has 0 saturated heterocycles. The molecule has 0 aromatic heterocycles. The summed E-state index contributed by atoms with van der Waals surface area (Å²) in [6.07, 6.45) is 12.8. The molecule has 0 fully saturated rings. The van der Waals surface area contributed by atoms with Crippen LogP contribution >= 0.6 is 0 Å². The number of sulfone groups is 1. The van der Waals surface area contributed by atoms with Gasteiger partial charge in [-0.2, -0.15) is 13.2 Å². The largest absolute Gasteiger partial charge is 0.416 e. The van der Waals surface area contributed by atoms with Crippen molar-refractivity contribution in [1.29, 1.82) is 0 Å². The van der Waals surface area contributed by atoms with E-state index in [0.29, 0.717) is 12.8 Å². The average Bonchev–Trinajstić information content (AvgIpc) is 3.26. The van der Waals surface area contributed by atoms with Crippen LogP contribution in [0.1, 0.15) is 23.1 Å². The van der Waals surface area contributed by atoms with Crippen molar-refractivity contribution in [1.82, 2.24) is 5.32 Å². The number of hydrogen-bond acceptors (Lipinski definition) is 3. The second-order valence-electron chi connectivity index (χ2n) is 9.25. The Morgan fingerprint density at radius 2 is 1.47 bits per heavy atom. The molecule has 3 nitrogen and oxygen atoms in total. The molecular weight excluding hydrogens is 507 g/mol. The Hall–Kier alpha value is -3.84. The van der Waals surface area contributed by atoms with Crippen LogP contribution < -0.4 is 15.8 Å². The van der Waals surface area contributed by atoms with Crippen LogP contribution in [0.25, 0.3) is 23.3 Å². The van der Waals surface area contributed by atoms with Gasteiger partial charge in [0.1, 0.15) is 0 Å². The third kappa shape index (κ3) is 5.24. The molecule has 2 aliphatic carbocycles. The van der Waals surface area contributed by atoms with E-state index in [0.717, 1.165) is 57.8 Å². The maximum Gasteiger partial charge on any atom is 0.416 e. The van der Waals surface area contributed by atoms with Crippen LogP contribution in [0, 0.1) is 0 Å². The normalized spacial score (nSPS) is 17.3. The predicted octanol–water partition coefficient (Wildman–Crippen LogP) is 5.45. The summed E-state index contributed by atoms with van der Waals surface area (Å²) in [6.45, 7) is 0. The van der Waals surface area contributed by atoms with Crippen LogP contribution in [-0.4, -0.2) is 13.7 Å². The minimum Gasteiger partial charge on any atom is -0.368 e. The molecule has 0 bridgehead atoms. The number of halogens is 3. The number of nitrogens with one attached hydrogen (secondary N) is 1. The zero-order valence-corrected chi connectivity index (χ0v) is 21.3. The molecule has 3 aliphatic rings. The molecule has 38 heavy (non-hydrogen) atoms. The topological polar surface area (TPSA) is 46.2 Å². The van der Waals surface area contributed by atoms with Gasteiger partial charge in [-0.15, -0.1) is 0 Å². The highest BCUT2D eigenvalue weighted by Crippen LogP contribution is 2.31. The van der Waals surface area contributed by atoms with Gasteiger partial charge in [0, 0.05) is 12.4 Å². The van der Waals surface area contributed by atoms with Crippen molar-refractivity contribution in [2.45, 2.75) is 35.6 Å². The molecule has 7 heteroatoms. The van der Waals surface area contributed by atoms with Crippen molar-refractivity contribution in [2.75, 3.05) is 0 Å². The maximum absolute atomic E-state index is 13.2. The number of hydrogen-bond donors (Lipinski definition) is 1. The average molecular weight is 534 g/mol. The number of benzene rings is 3. The summed E-state index contributed by atoms with van der Waals surface area (Å²) in [5.74, 6) is 0. The van der Waals surface area contributed by atoms with Gasteiger partial charge in [-0.05, 0) is 88.4 Å². The molecule has 0 radical (unpaired) electrons. The van der Waals surface area contributed by atoms with E-state index in [4.69, 9.17) is 0 Å². The Labute approximate surface area is 220 Å². The smallest absolute Gasteiger partial charge is 0.368 e. The minimum atomic E-state index is -4.50. The third-order valence-corrected chi connectivity index (χ3v) is 8.99. The van der Waals surface area contributed by atoms with Crippen molar-refractivity contribution in [2.24, 2.45) is 0 Å². The molecule has 3 aromatic rings. The van der Waals surface area contributed by atoms with E-state index in [1.807, 2.05) is 48.8 Å².